The van der Waals surface area contributed by atoms with E-state index in [1.165, 1.54) is 20.9 Å². The van der Waals surface area contributed by atoms with Crippen molar-refractivity contribution in [2.24, 2.45) is 5.73 Å². The van der Waals surface area contributed by atoms with Gasteiger partial charge in [-0.25, -0.2) is 0 Å². The summed E-state index contributed by atoms with van der Waals surface area (Å²) in [6.45, 7) is 5.61. The number of hydrogen-bond donors (Lipinski definition) is 1. The van der Waals surface area contributed by atoms with Gasteiger partial charge >= 0.3 is 0 Å². The van der Waals surface area contributed by atoms with Crippen LogP contribution in [0.4, 0.5) is 0 Å². The van der Waals surface area contributed by atoms with Gasteiger partial charge in [0.15, 0.2) is 0 Å². The molecule has 0 amide bonds. The van der Waals surface area contributed by atoms with Crippen LogP contribution < -0.4 is 5.73 Å². The Morgan fingerprint density at radius 2 is 2.40 bits per heavy atom. The number of thiophene rings is 1. The lowest BCUT2D eigenvalue weighted by Gasteiger charge is -2.23. The SMILES string of the molecule is C/C=C\c1c(C)sc2c1C(CN)OCC2. The second-order valence-corrected chi connectivity index (χ2v) is 5.06. The fraction of sp³-hybridized carbons (Fsp3) is 0.500. The first kappa shape index (κ1) is 10.9. The summed E-state index contributed by atoms with van der Waals surface area (Å²) in [4.78, 5) is 2.84. The van der Waals surface area contributed by atoms with Crippen molar-refractivity contribution in [1.82, 2.24) is 0 Å². The van der Waals surface area contributed by atoms with E-state index in [9.17, 15) is 0 Å². The predicted molar refractivity (Wildman–Crippen MR) is 65.2 cm³/mol. The van der Waals surface area contributed by atoms with E-state index < -0.39 is 0 Å². The molecule has 2 nitrogen and oxygen atoms in total. The monoisotopic (exact) mass is 223 g/mol. The molecule has 2 N–H and O–H groups in total. The summed E-state index contributed by atoms with van der Waals surface area (Å²) in [5, 5.41) is 0. The second-order valence-electron chi connectivity index (χ2n) is 3.75. The van der Waals surface area contributed by atoms with Crippen LogP contribution in [0.5, 0.6) is 0 Å². The van der Waals surface area contributed by atoms with Gasteiger partial charge in [0.2, 0.25) is 0 Å². The van der Waals surface area contributed by atoms with Gasteiger partial charge in [-0.3, -0.25) is 0 Å². The lowest BCUT2D eigenvalue weighted by atomic mass is 9.99. The normalized spacial score (nSPS) is 20.9. The zero-order valence-corrected chi connectivity index (χ0v) is 10.1. The van der Waals surface area contributed by atoms with Crippen LogP contribution in [0.15, 0.2) is 6.08 Å². The number of allylic oxidation sites excluding steroid dienone is 1. The van der Waals surface area contributed by atoms with Gasteiger partial charge < -0.3 is 10.5 Å². The lowest BCUT2D eigenvalue weighted by Crippen LogP contribution is -2.22. The summed E-state index contributed by atoms with van der Waals surface area (Å²) >= 11 is 1.89. The minimum absolute atomic E-state index is 0.102. The van der Waals surface area contributed by atoms with Crippen molar-refractivity contribution in [3.05, 3.63) is 27.0 Å². The number of fused-ring (bicyclic) bond motifs is 1. The third-order valence-corrected chi connectivity index (χ3v) is 3.96. The van der Waals surface area contributed by atoms with Crippen LogP contribution in [0.2, 0.25) is 0 Å². The van der Waals surface area contributed by atoms with Crippen LogP contribution in [0.1, 0.15) is 33.9 Å². The third kappa shape index (κ3) is 1.87. The highest BCUT2D eigenvalue weighted by Gasteiger charge is 2.25. The predicted octanol–water partition coefficient (Wildman–Crippen LogP) is 2.66. The van der Waals surface area contributed by atoms with Gasteiger partial charge in [-0.15, -0.1) is 11.3 Å². The maximum absolute atomic E-state index is 5.75. The van der Waals surface area contributed by atoms with Crippen LogP contribution >= 0.6 is 11.3 Å². The van der Waals surface area contributed by atoms with Gasteiger partial charge in [0.1, 0.15) is 0 Å². The average molecular weight is 223 g/mol. The van der Waals surface area contributed by atoms with Crippen molar-refractivity contribution in [2.75, 3.05) is 13.2 Å². The molecule has 2 heterocycles. The molecule has 15 heavy (non-hydrogen) atoms. The largest absolute Gasteiger partial charge is 0.372 e. The average Bonchev–Trinajstić information content (AvgIpc) is 2.56. The fourth-order valence-electron chi connectivity index (χ4n) is 2.11. The fourth-order valence-corrected chi connectivity index (χ4v) is 3.30. The highest BCUT2D eigenvalue weighted by Crippen LogP contribution is 2.38. The zero-order chi connectivity index (χ0) is 10.8. The van der Waals surface area contributed by atoms with Crippen molar-refractivity contribution in [2.45, 2.75) is 26.4 Å². The molecule has 0 bridgehead atoms. The van der Waals surface area contributed by atoms with Gasteiger partial charge in [-0.1, -0.05) is 12.2 Å². The molecule has 0 radical (unpaired) electrons. The van der Waals surface area contributed by atoms with E-state index >= 15 is 0 Å². The van der Waals surface area contributed by atoms with Crippen molar-refractivity contribution >= 4 is 17.4 Å². The summed E-state index contributed by atoms with van der Waals surface area (Å²) in [7, 11) is 0. The molecular weight excluding hydrogens is 206 g/mol. The molecule has 0 aromatic carbocycles. The highest BCUT2D eigenvalue weighted by molar-refractivity contribution is 7.12. The van der Waals surface area contributed by atoms with Gasteiger partial charge in [-0.2, -0.15) is 0 Å². The molecule has 1 aromatic rings. The minimum atomic E-state index is 0.102. The Balaban J connectivity index is 2.50. The molecule has 1 unspecified atom stereocenters. The molecule has 0 aliphatic carbocycles. The number of ether oxygens (including phenoxy) is 1. The van der Waals surface area contributed by atoms with E-state index in [4.69, 9.17) is 10.5 Å². The standard InChI is InChI=1S/C12H17NOS/c1-3-4-9-8(2)15-11-5-6-14-10(7-13)12(9)11/h3-4,10H,5-7,13H2,1-2H3/b4-3-. The molecule has 0 saturated carbocycles. The molecule has 0 spiro atoms. The first-order valence-corrected chi connectivity index (χ1v) is 6.16. The van der Waals surface area contributed by atoms with E-state index in [2.05, 4.69) is 19.1 Å². The molecule has 1 aromatic heterocycles. The van der Waals surface area contributed by atoms with Crippen LogP contribution in [-0.2, 0) is 11.2 Å². The summed E-state index contributed by atoms with van der Waals surface area (Å²) in [6, 6.07) is 0. The van der Waals surface area contributed by atoms with E-state index in [-0.39, 0.29) is 6.10 Å². The van der Waals surface area contributed by atoms with Gasteiger partial charge in [0, 0.05) is 28.3 Å². The lowest BCUT2D eigenvalue weighted by molar-refractivity contribution is 0.0496. The molecular formula is C12H17NOS. The molecule has 0 saturated heterocycles. The van der Waals surface area contributed by atoms with Gasteiger partial charge in [0.05, 0.1) is 12.7 Å². The molecule has 1 atom stereocenters. The number of rotatable bonds is 2. The summed E-state index contributed by atoms with van der Waals surface area (Å²) in [5.41, 5.74) is 8.41. The van der Waals surface area contributed by atoms with E-state index in [1.807, 2.05) is 18.3 Å². The van der Waals surface area contributed by atoms with Crippen LogP contribution in [0.25, 0.3) is 6.08 Å². The molecule has 1 aliphatic rings. The van der Waals surface area contributed by atoms with E-state index in [0.29, 0.717) is 6.54 Å². The Bertz CT molecular complexity index is 381. The molecule has 0 fully saturated rings. The Kier molecular flexibility index (Phi) is 3.24. The molecule has 82 valence electrons. The maximum atomic E-state index is 5.75. The Morgan fingerprint density at radius 1 is 1.60 bits per heavy atom. The van der Waals surface area contributed by atoms with Gasteiger partial charge in [-0.05, 0) is 19.4 Å². The Hall–Kier alpha value is -0.640. The Morgan fingerprint density at radius 3 is 3.07 bits per heavy atom. The van der Waals surface area contributed by atoms with Crippen LogP contribution in [-0.4, -0.2) is 13.2 Å². The van der Waals surface area contributed by atoms with E-state index in [0.717, 1.165) is 13.0 Å². The van der Waals surface area contributed by atoms with Crippen LogP contribution in [0.3, 0.4) is 0 Å². The summed E-state index contributed by atoms with van der Waals surface area (Å²) in [6.07, 6.45) is 5.39. The summed E-state index contributed by atoms with van der Waals surface area (Å²) < 4.78 is 5.70. The number of nitrogens with two attached hydrogens (primary N) is 1. The molecule has 1 aliphatic heterocycles. The van der Waals surface area contributed by atoms with Crippen molar-refractivity contribution < 1.29 is 4.74 Å². The summed E-state index contributed by atoms with van der Waals surface area (Å²) in [5.74, 6) is 0. The molecule has 3 heteroatoms. The highest BCUT2D eigenvalue weighted by atomic mass is 32.1. The van der Waals surface area contributed by atoms with Crippen molar-refractivity contribution in [1.29, 1.82) is 0 Å². The molecule has 2 rings (SSSR count). The maximum Gasteiger partial charge on any atom is 0.0963 e. The van der Waals surface area contributed by atoms with E-state index in [1.54, 1.807) is 0 Å². The Labute approximate surface area is 94.7 Å². The smallest absolute Gasteiger partial charge is 0.0963 e. The van der Waals surface area contributed by atoms with Crippen molar-refractivity contribution in [3.63, 3.8) is 0 Å². The zero-order valence-electron chi connectivity index (χ0n) is 9.25. The van der Waals surface area contributed by atoms with Crippen LogP contribution in [0, 0.1) is 6.92 Å². The van der Waals surface area contributed by atoms with Crippen molar-refractivity contribution in [3.8, 4) is 0 Å². The third-order valence-electron chi connectivity index (χ3n) is 2.76. The number of hydrogen-bond acceptors (Lipinski definition) is 3. The minimum Gasteiger partial charge on any atom is -0.372 e. The first-order chi connectivity index (χ1) is 7.27. The first-order valence-electron chi connectivity index (χ1n) is 5.34. The second kappa shape index (κ2) is 4.47. The van der Waals surface area contributed by atoms with Gasteiger partial charge in [0.25, 0.3) is 0 Å². The number of aryl methyl sites for hydroxylation is 1. The topological polar surface area (TPSA) is 35.2 Å². The quantitative estimate of drug-likeness (QED) is 0.836.